The maximum absolute atomic E-state index is 12.1. The second-order valence-corrected chi connectivity index (χ2v) is 4.46. The number of nitrogens with zero attached hydrogens (tertiary/aromatic N) is 1. The van der Waals surface area contributed by atoms with Gasteiger partial charge in [0.1, 0.15) is 0 Å². The van der Waals surface area contributed by atoms with Crippen LogP contribution in [0.1, 0.15) is 26.2 Å². The third-order valence-corrected chi connectivity index (χ3v) is 3.49. The summed E-state index contributed by atoms with van der Waals surface area (Å²) in [5.41, 5.74) is 0.750. The van der Waals surface area contributed by atoms with Gasteiger partial charge in [0.2, 0.25) is 0 Å². The number of Topliss-reactive ketones (excluding diaryl/α,β-unsaturated/α-hetero) is 1. The number of morpholine rings is 1. The average Bonchev–Trinajstić information content (AvgIpc) is 2.31. The van der Waals surface area contributed by atoms with Gasteiger partial charge in [0, 0.05) is 18.0 Å². The van der Waals surface area contributed by atoms with Crippen molar-refractivity contribution in [1.29, 1.82) is 0 Å². The lowest BCUT2D eigenvalue weighted by Gasteiger charge is -2.34. The fourth-order valence-corrected chi connectivity index (χ4v) is 2.44. The summed E-state index contributed by atoms with van der Waals surface area (Å²) in [7, 11) is 0. The number of rotatable bonds is 2. The lowest BCUT2D eigenvalue weighted by atomic mass is 9.82. The van der Waals surface area contributed by atoms with Crippen LogP contribution in [0, 0.1) is 5.92 Å². The number of allylic oxidation sites excluding steroid dienone is 1. The molecule has 2 rings (SSSR count). The van der Waals surface area contributed by atoms with Crippen molar-refractivity contribution in [3.63, 3.8) is 0 Å². The fourth-order valence-electron chi connectivity index (χ4n) is 2.44. The van der Waals surface area contributed by atoms with Crippen LogP contribution in [-0.4, -0.2) is 41.9 Å². The first-order valence-electron chi connectivity index (χ1n) is 6.01. The summed E-state index contributed by atoms with van der Waals surface area (Å²) < 4.78 is 5.33. The van der Waals surface area contributed by atoms with E-state index >= 15 is 0 Å². The summed E-state index contributed by atoms with van der Waals surface area (Å²) in [5, 5.41) is 11.0. The van der Waals surface area contributed by atoms with Gasteiger partial charge in [-0.25, -0.2) is 0 Å². The molecule has 2 unspecified atom stereocenters. The molecule has 1 aliphatic heterocycles. The number of ether oxygens (including phenoxy) is 1. The zero-order chi connectivity index (χ0) is 11.5. The smallest absolute Gasteiger partial charge is 0.163 e. The molecule has 0 spiro atoms. The van der Waals surface area contributed by atoms with Crippen molar-refractivity contribution < 1.29 is 14.7 Å². The Morgan fingerprint density at radius 1 is 1.62 bits per heavy atom. The molecule has 1 fully saturated rings. The number of hydrogen-bond donors (Lipinski definition) is 1. The minimum atomic E-state index is -0.254. The van der Waals surface area contributed by atoms with Gasteiger partial charge in [-0.2, -0.15) is 5.06 Å². The summed E-state index contributed by atoms with van der Waals surface area (Å²) in [6, 6.07) is -0.254. The van der Waals surface area contributed by atoms with Gasteiger partial charge in [-0.3, -0.25) is 4.79 Å². The molecule has 1 heterocycles. The average molecular weight is 225 g/mol. The predicted octanol–water partition coefficient (Wildman–Crippen LogP) is 1.39. The highest BCUT2D eigenvalue weighted by Gasteiger charge is 2.33. The lowest BCUT2D eigenvalue weighted by Crippen LogP contribution is -2.47. The zero-order valence-electron chi connectivity index (χ0n) is 9.69. The van der Waals surface area contributed by atoms with Gasteiger partial charge < -0.3 is 9.94 Å². The Morgan fingerprint density at radius 2 is 2.44 bits per heavy atom. The number of ketones is 1. The number of hydrogen-bond acceptors (Lipinski definition) is 4. The lowest BCUT2D eigenvalue weighted by molar-refractivity contribution is -0.172. The van der Waals surface area contributed by atoms with E-state index in [2.05, 4.69) is 0 Å². The number of hydroxylamine groups is 2. The molecule has 0 aromatic heterocycles. The van der Waals surface area contributed by atoms with Gasteiger partial charge in [-0.15, -0.1) is 0 Å². The van der Waals surface area contributed by atoms with E-state index < -0.39 is 0 Å². The van der Waals surface area contributed by atoms with E-state index in [4.69, 9.17) is 4.74 Å². The van der Waals surface area contributed by atoms with Crippen LogP contribution in [0.4, 0.5) is 0 Å². The van der Waals surface area contributed by atoms with Crippen LogP contribution in [0.3, 0.4) is 0 Å². The van der Waals surface area contributed by atoms with Crippen molar-refractivity contribution in [1.82, 2.24) is 5.06 Å². The second-order valence-electron chi connectivity index (χ2n) is 4.46. The standard InChI is InChI=1S/C12H19NO3/c1-2-9-4-3-5-10(12(9)14)11-8-16-7-6-13(11)15/h5,9,11,15H,2-4,6-8H2,1H3. The SMILES string of the molecule is CCC1CCC=C(C2COCCN2O)C1=O. The first-order chi connectivity index (χ1) is 7.74. The highest BCUT2D eigenvalue weighted by atomic mass is 16.5. The molecule has 0 aromatic carbocycles. The van der Waals surface area contributed by atoms with Crippen molar-refractivity contribution in [3.05, 3.63) is 11.6 Å². The highest BCUT2D eigenvalue weighted by Crippen LogP contribution is 2.27. The zero-order valence-corrected chi connectivity index (χ0v) is 9.69. The van der Waals surface area contributed by atoms with Crippen LogP contribution >= 0.6 is 0 Å². The van der Waals surface area contributed by atoms with E-state index in [0.29, 0.717) is 19.8 Å². The summed E-state index contributed by atoms with van der Waals surface area (Å²) in [6.45, 7) is 3.47. The molecule has 1 aliphatic carbocycles. The molecule has 0 aromatic rings. The first-order valence-corrected chi connectivity index (χ1v) is 6.01. The van der Waals surface area contributed by atoms with E-state index in [9.17, 15) is 10.0 Å². The third-order valence-electron chi connectivity index (χ3n) is 3.49. The molecule has 4 heteroatoms. The number of carbonyl (C=O) groups is 1. The van der Waals surface area contributed by atoms with Gasteiger partial charge >= 0.3 is 0 Å². The minimum Gasteiger partial charge on any atom is -0.378 e. The van der Waals surface area contributed by atoms with Crippen LogP contribution in [-0.2, 0) is 9.53 Å². The Kier molecular flexibility index (Phi) is 3.74. The molecule has 0 amide bonds. The Balaban J connectivity index is 2.13. The molecule has 2 atom stereocenters. The van der Waals surface area contributed by atoms with Gasteiger partial charge in [0.25, 0.3) is 0 Å². The fraction of sp³-hybridized carbons (Fsp3) is 0.750. The molecule has 1 N–H and O–H groups in total. The molecular formula is C12H19NO3. The van der Waals surface area contributed by atoms with Crippen molar-refractivity contribution in [3.8, 4) is 0 Å². The quantitative estimate of drug-likeness (QED) is 0.771. The highest BCUT2D eigenvalue weighted by molar-refractivity contribution is 5.99. The maximum atomic E-state index is 12.1. The molecule has 0 radical (unpaired) electrons. The molecule has 90 valence electrons. The Labute approximate surface area is 95.8 Å². The summed E-state index contributed by atoms with van der Waals surface area (Å²) in [6.07, 6.45) is 4.73. The Morgan fingerprint density at radius 3 is 3.12 bits per heavy atom. The maximum Gasteiger partial charge on any atom is 0.163 e. The third kappa shape index (κ3) is 2.19. The van der Waals surface area contributed by atoms with Crippen molar-refractivity contribution >= 4 is 5.78 Å². The van der Waals surface area contributed by atoms with E-state index in [1.165, 1.54) is 5.06 Å². The predicted molar refractivity (Wildman–Crippen MR) is 59.2 cm³/mol. The largest absolute Gasteiger partial charge is 0.378 e. The van der Waals surface area contributed by atoms with Crippen molar-refractivity contribution in [2.75, 3.05) is 19.8 Å². The van der Waals surface area contributed by atoms with Gasteiger partial charge in [-0.05, 0) is 19.3 Å². The van der Waals surface area contributed by atoms with Crippen molar-refractivity contribution in [2.24, 2.45) is 5.92 Å². The molecule has 0 saturated carbocycles. The number of carbonyl (C=O) groups excluding carboxylic acids is 1. The Hall–Kier alpha value is -0.710. The monoisotopic (exact) mass is 225 g/mol. The van der Waals surface area contributed by atoms with Gasteiger partial charge in [-0.1, -0.05) is 13.0 Å². The molecule has 16 heavy (non-hydrogen) atoms. The van der Waals surface area contributed by atoms with Gasteiger partial charge in [0.15, 0.2) is 5.78 Å². The van der Waals surface area contributed by atoms with E-state index in [1.54, 1.807) is 0 Å². The normalized spacial score (nSPS) is 32.6. The summed E-state index contributed by atoms with van der Waals surface area (Å²) >= 11 is 0. The van der Waals surface area contributed by atoms with Crippen LogP contribution in [0.5, 0.6) is 0 Å². The van der Waals surface area contributed by atoms with Crippen LogP contribution in [0.15, 0.2) is 11.6 Å². The van der Waals surface area contributed by atoms with Crippen LogP contribution < -0.4 is 0 Å². The van der Waals surface area contributed by atoms with Gasteiger partial charge in [0.05, 0.1) is 19.3 Å². The Bertz CT molecular complexity index is 301. The molecule has 0 bridgehead atoms. The minimum absolute atomic E-state index is 0.135. The van der Waals surface area contributed by atoms with E-state index in [0.717, 1.165) is 24.8 Å². The van der Waals surface area contributed by atoms with E-state index in [1.807, 2.05) is 13.0 Å². The van der Waals surface area contributed by atoms with Crippen molar-refractivity contribution in [2.45, 2.75) is 32.2 Å². The van der Waals surface area contributed by atoms with E-state index in [-0.39, 0.29) is 17.7 Å². The summed E-state index contributed by atoms with van der Waals surface area (Å²) in [5.74, 6) is 0.332. The molecule has 4 nitrogen and oxygen atoms in total. The first kappa shape index (κ1) is 11.8. The molecule has 2 aliphatic rings. The second kappa shape index (κ2) is 5.08. The van der Waals surface area contributed by atoms with Crippen LogP contribution in [0.2, 0.25) is 0 Å². The molecule has 1 saturated heterocycles. The summed E-state index contributed by atoms with van der Waals surface area (Å²) in [4.78, 5) is 12.1. The molecular weight excluding hydrogens is 206 g/mol. The topological polar surface area (TPSA) is 49.8 Å². The van der Waals surface area contributed by atoms with Crippen LogP contribution in [0.25, 0.3) is 0 Å².